The second-order valence-corrected chi connectivity index (χ2v) is 53.5. The van der Waals surface area contributed by atoms with E-state index in [4.69, 9.17) is 23.7 Å². The van der Waals surface area contributed by atoms with Crippen LogP contribution in [0.3, 0.4) is 0 Å². The number of sulfone groups is 2. The number of hydrogen-bond donors (Lipinski definition) is 3. The highest BCUT2D eigenvalue weighted by molar-refractivity contribution is 7.92. The molecule has 16 nitrogen and oxygen atoms in total. The second kappa shape index (κ2) is 88.4. The summed E-state index contributed by atoms with van der Waals surface area (Å²) in [6.45, 7) is 118. The molecule has 0 atom stereocenters. The van der Waals surface area contributed by atoms with Crippen molar-refractivity contribution in [3.05, 3.63) is 0 Å². The maximum atomic E-state index is 11.3. The molecule has 3 aliphatic rings. The van der Waals surface area contributed by atoms with Crippen LogP contribution in [0.15, 0.2) is 0 Å². The lowest BCUT2D eigenvalue weighted by Gasteiger charge is -2.42. The van der Waals surface area contributed by atoms with Gasteiger partial charge in [-0.15, -0.1) is 0 Å². The van der Waals surface area contributed by atoms with Crippen molar-refractivity contribution in [1.82, 2.24) is 25.2 Å². The van der Waals surface area contributed by atoms with Crippen LogP contribution < -0.4 is 15.4 Å². The van der Waals surface area contributed by atoms with Gasteiger partial charge in [-0.2, -0.15) is 0 Å². The topological polar surface area (TPSA) is 191 Å². The van der Waals surface area contributed by atoms with Gasteiger partial charge in [-0.25, -0.2) is 30.0 Å². The molecule has 1 saturated carbocycles. The molecule has 19 heteroatoms. The SMILES string of the molecule is CC(C)CC1CN(C(C)C)C1.CC(C)CCCCC(C)C.CC(C)CCCS(=O)(=O)C(C)C.CC(C)CCNCC(C)C.CC(C)CCNS(=O)(=O)C(C)C.CC(C)CCOCC(C)C.CC(C)CCOCC(C)C.CC(C)CCS(=O)(=O)C(C)C.CC(C)CNCC(C)C.CC(C)COCC(C)C.CC(C)OC1CC(C(C)C)C1.CC(C)OC1CN(C(C)C)C1. The highest BCUT2D eigenvalue weighted by Gasteiger charge is 2.33. The van der Waals surface area contributed by atoms with E-state index in [9.17, 15) is 25.3 Å². The van der Waals surface area contributed by atoms with Gasteiger partial charge in [-0.3, -0.25) is 4.90 Å². The maximum absolute atomic E-state index is 11.3. The lowest BCUT2D eigenvalue weighted by atomic mass is 9.75. The van der Waals surface area contributed by atoms with Crippen molar-refractivity contribution in [3.63, 3.8) is 0 Å². The van der Waals surface area contributed by atoms with Gasteiger partial charge in [0.05, 0.1) is 51.7 Å². The molecule has 0 bridgehead atoms. The summed E-state index contributed by atoms with van der Waals surface area (Å²) < 4.78 is 97.5. The van der Waals surface area contributed by atoms with E-state index in [1.165, 1.54) is 83.8 Å². The molecule has 774 valence electrons. The highest BCUT2D eigenvalue weighted by Crippen LogP contribution is 2.36. The van der Waals surface area contributed by atoms with Gasteiger partial charge >= 0.3 is 0 Å². The van der Waals surface area contributed by atoms with Gasteiger partial charge in [0.1, 0.15) is 0 Å². The molecule has 3 rings (SSSR count). The molecule has 126 heavy (non-hydrogen) atoms. The molecule has 2 saturated heterocycles. The number of nitrogens with one attached hydrogen (secondary N) is 3. The third-order valence-corrected chi connectivity index (χ3v) is 26.6. The summed E-state index contributed by atoms with van der Waals surface area (Å²) in [7, 11) is -8.63. The third kappa shape index (κ3) is 118. The van der Waals surface area contributed by atoms with Gasteiger partial charge in [-0.1, -0.05) is 268 Å². The minimum atomic E-state index is -3.04. The lowest BCUT2D eigenvalue weighted by Crippen LogP contribution is -2.55. The Kier molecular flexibility index (Phi) is 101. The molecule has 0 aromatic carbocycles. The first-order valence-electron chi connectivity index (χ1n) is 52.0. The Bertz CT molecular complexity index is 2280. The molecule has 3 fully saturated rings. The number of hydrogen-bond acceptors (Lipinski definition) is 15. The molecule has 0 amide bonds. The Morgan fingerprint density at radius 2 is 0.603 bits per heavy atom. The quantitative estimate of drug-likeness (QED) is 0.0487. The molecule has 1 aliphatic carbocycles. The predicted octanol–water partition coefficient (Wildman–Crippen LogP) is 27.9. The van der Waals surface area contributed by atoms with Crippen molar-refractivity contribution in [2.45, 2.75) is 474 Å². The molecular formula is C107H237N5O11S3. The Morgan fingerprint density at radius 3 is 0.897 bits per heavy atom. The lowest BCUT2D eigenvalue weighted by molar-refractivity contribution is -0.0903. The summed E-state index contributed by atoms with van der Waals surface area (Å²) in [5.74, 6) is 15.2. The standard InChI is InChI=1S/C10H21N.C10H20O.C10H22.C9H19NO.C9H21N.C9H20O2S.2C9H20O.C8H19NO2S.C8H19N.C8H18O2S.C8H18O/c1-8(2)5-10-6-11(7-10)9(3)4;1-7(2)9-5-10(6-9)11-8(3)4;1-9(2)7-5-6-8-10(3)4;1-7(2)10-5-9(6-10)11-8(3)4;1-8(2)5-6-10-7-9(3)4;1-8(2)6-5-7-12(10,11)9(3)4;2*1-8(2)5-6-10-7-9(3)4;1-7(2)5-6-9-12(10,11)8(3)4;1-7(2)5-9-6-8(3)4;1-7(2)5-6-11(9,10)8(3)4;1-7(2)5-9-6-8(3)4/h8-10H,5-7H2,1-4H3;7-10H,5-6H2,1-4H3;9-10H,5-8H2,1-4H3;7-9H,5-6H2,1-4H3;8-10H,5-7H2,1-4H3;8-9H,5-7H2,1-4H3;2*8-9H,5-7H2,1-4H3;7-9H,5-6H2,1-4H3;7-9H,5-6H2,1-4H3;7-8H,5-6H2,1-4H3;7-8H,5-6H2,1-4H3. The van der Waals surface area contributed by atoms with Gasteiger partial charge in [0.2, 0.25) is 10.0 Å². The molecule has 0 aromatic heterocycles. The van der Waals surface area contributed by atoms with Crippen molar-refractivity contribution in [3.8, 4) is 0 Å². The number of nitrogens with zero attached hydrogens (tertiary/aromatic N) is 2. The first kappa shape index (κ1) is 143. The maximum Gasteiger partial charge on any atom is 0.213 e. The fourth-order valence-electron chi connectivity index (χ4n) is 11.4. The van der Waals surface area contributed by atoms with E-state index in [2.05, 4.69) is 302 Å². The Labute approximate surface area is 795 Å². The predicted molar refractivity (Wildman–Crippen MR) is 565 cm³/mol. The Balaban J connectivity index is -0.000000169. The highest BCUT2D eigenvalue weighted by atomic mass is 32.2. The zero-order chi connectivity index (χ0) is 100. The van der Waals surface area contributed by atoms with Crippen LogP contribution in [0.4, 0.5) is 0 Å². The van der Waals surface area contributed by atoms with Crippen LogP contribution >= 0.6 is 0 Å². The minimum Gasteiger partial charge on any atom is -0.381 e. The average Bonchev–Trinajstić information content (AvgIpc) is 0.855. The van der Waals surface area contributed by atoms with E-state index in [1.807, 2.05) is 13.8 Å². The monoisotopic (exact) mass is 1860 g/mol. The average molecular weight is 1870 g/mol. The second-order valence-electron chi connectivity index (χ2n) is 45.8. The summed E-state index contributed by atoms with van der Waals surface area (Å²) in [6.07, 6.45) is 18.7. The molecular weight excluding hydrogens is 1630 g/mol. The summed E-state index contributed by atoms with van der Waals surface area (Å²) in [5, 5.41) is 6.03. The largest absolute Gasteiger partial charge is 0.381 e. The van der Waals surface area contributed by atoms with Gasteiger partial charge in [0.15, 0.2) is 19.7 Å². The van der Waals surface area contributed by atoms with Crippen LogP contribution in [0.25, 0.3) is 0 Å². The number of sulfonamides is 1. The summed E-state index contributed by atoms with van der Waals surface area (Å²) in [6, 6.07) is 1.44. The number of likely N-dealkylation sites (tertiary alicyclic amines) is 2. The van der Waals surface area contributed by atoms with Crippen molar-refractivity contribution >= 4 is 29.7 Å². The zero-order valence-corrected chi connectivity index (χ0v) is 96.6. The van der Waals surface area contributed by atoms with Gasteiger partial charge in [0, 0.05) is 84.4 Å². The zero-order valence-electron chi connectivity index (χ0n) is 94.2. The molecule has 0 radical (unpaired) electrons. The van der Waals surface area contributed by atoms with Crippen LogP contribution in [0.2, 0.25) is 0 Å². The van der Waals surface area contributed by atoms with Gasteiger partial charge in [0.25, 0.3) is 0 Å². The van der Waals surface area contributed by atoms with E-state index >= 15 is 0 Å². The van der Waals surface area contributed by atoms with Crippen LogP contribution in [-0.2, 0) is 53.4 Å². The van der Waals surface area contributed by atoms with Crippen LogP contribution in [0.1, 0.15) is 422 Å². The molecule has 0 aromatic rings. The normalized spacial score (nSPS) is 15.2. The number of unbranched alkanes of at least 4 members (excludes halogenated alkanes) is 1. The van der Waals surface area contributed by atoms with E-state index in [-0.39, 0.29) is 15.7 Å². The van der Waals surface area contributed by atoms with E-state index in [0.29, 0.717) is 89.9 Å². The summed E-state index contributed by atoms with van der Waals surface area (Å²) >= 11 is 0. The van der Waals surface area contributed by atoms with Crippen molar-refractivity contribution in [2.24, 2.45) is 112 Å². The van der Waals surface area contributed by atoms with Gasteiger partial charge in [-0.05, 0) is 293 Å². The van der Waals surface area contributed by atoms with E-state index in [0.717, 1.165) is 175 Å². The first-order valence-corrected chi connectivity index (χ1v) is 56.9. The smallest absolute Gasteiger partial charge is 0.213 e. The summed E-state index contributed by atoms with van der Waals surface area (Å²) in [4.78, 5) is 4.97. The fraction of sp³-hybridized carbons (Fsp3) is 1.00. The van der Waals surface area contributed by atoms with E-state index < -0.39 is 29.7 Å². The van der Waals surface area contributed by atoms with Crippen LogP contribution in [-0.4, -0.2) is 197 Å². The van der Waals surface area contributed by atoms with Crippen molar-refractivity contribution in [1.29, 1.82) is 0 Å². The fourth-order valence-corrected chi connectivity index (χ4v) is 14.5. The Hall–Kier alpha value is -0.550. The first-order chi connectivity index (χ1) is 57.6. The van der Waals surface area contributed by atoms with Crippen molar-refractivity contribution < 1.29 is 48.9 Å². The van der Waals surface area contributed by atoms with E-state index in [1.54, 1.807) is 41.5 Å². The molecule has 2 aliphatic heterocycles. The van der Waals surface area contributed by atoms with Crippen LogP contribution in [0, 0.1) is 112 Å². The summed E-state index contributed by atoms with van der Waals surface area (Å²) in [5.41, 5.74) is 0. The van der Waals surface area contributed by atoms with Crippen molar-refractivity contribution in [2.75, 3.05) is 110 Å². The number of rotatable bonds is 51. The minimum absolute atomic E-state index is 0.218. The van der Waals surface area contributed by atoms with Crippen LogP contribution in [0.5, 0.6) is 0 Å². The molecule has 2 heterocycles. The molecule has 3 N–H and O–H groups in total. The van der Waals surface area contributed by atoms with Gasteiger partial charge < -0.3 is 39.2 Å². The molecule has 0 unspecified atom stereocenters. The molecule has 0 spiro atoms. The number of ether oxygens (including phenoxy) is 5. The third-order valence-electron chi connectivity index (χ3n) is 20.3. The Morgan fingerprint density at radius 1 is 0.294 bits per heavy atom.